The van der Waals surface area contributed by atoms with Gasteiger partial charge in [-0.3, -0.25) is 20.1 Å². The van der Waals surface area contributed by atoms with Crippen LogP contribution < -0.4 is 11.5 Å². The van der Waals surface area contributed by atoms with Crippen LogP contribution in [-0.2, 0) is 4.79 Å². The number of piperidine rings is 1. The summed E-state index contributed by atoms with van der Waals surface area (Å²) in [6, 6.07) is -0.0869. The summed E-state index contributed by atoms with van der Waals surface area (Å²) >= 11 is 0. The summed E-state index contributed by atoms with van der Waals surface area (Å²) in [6.45, 7) is 1.48. The van der Waals surface area contributed by atoms with Gasteiger partial charge in [0.05, 0.1) is 23.7 Å². The molecule has 2 atom stereocenters. The average Bonchev–Trinajstić information content (AvgIpc) is 3.51. The SMILES string of the molecule is CC(=O)c1c(C2CC3CCC(C2)N3C(=O)C(N)=NC=N)nc2c(-c3cn[nH]c3)cnn2c1N. The molecule has 12 nitrogen and oxygen atoms in total. The van der Waals surface area contributed by atoms with E-state index in [9.17, 15) is 9.59 Å². The number of Topliss-reactive ketones (excluding diaryl/α,β-unsaturated/α-hetero) is 1. The number of H-pyrrole nitrogens is 1. The van der Waals surface area contributed by atoms with E-state index in [0.717, 1.165) is 30.3 Å². The molecule has 170 valence electrons. The fraction of sp³-hybridized carbons (Fsp3) is 0.381. The van der Waals surface area contributed by atoms with E-state index in [-0.39, 0.29) is 41.3 Å². The van der Waals surface area contributed by atoms with Crippen LogP contribution >= 0.6 is 0 Å². The lowest BCUT2D eigenvalue weighted by atomic mass is 9.85. The Hall–Kier alpha value is -4.09. The Bertz CT molecular complexity index is 1280. The van der Waals surface area contributed by atoms with Crippen molar-refractivity contribution >= 4 is 35.3 Å². The summed E-state index contributed by atoms with van der Waals surface area (Å²) in [5.74, 6) is -0.503. The van der Waals surface area contributed by atoms with Crippen LogP contribution in [0.4, 0.5) is 5.82 Å². The summed E-state index contributed by atoms with van der Waals surface area (Å²) in [5.41, 5.74) is 15.4. The molecule has 5 rings (SSSR count). The van der Waals surface area contributed by atoms with Gasteiger partial charge in [-0.1, -0.05) is 0 Å². The van der Waals surface area contributed by atoms with Crippen molar-refractivity contribution in [3.05, 3.63) is 29.8 Å². The van der Waals surface area contributed by atoms with Gasteiger partial charge >= 0.3 is 0 Å². The summed E-state index contributed by atoms with van der Waals surface area (Å²) in [7, 11) is 0. The van der Waals surface area contributed by atoms with Gasteiger partial charge in [0.15, 0.2) is 17.3 Å². The van der Waals surface area contributed by atoms with E-state index in [2.05, 4.69) is 20.3 Å². The molecule has 3 aromatic heterocycles. The second kappa shape index (κ2) is 7.80. The van der Waals surface area contributed by atoms with Crippen LogP contribution in [0, 0.1) is 5.41 Å². The number of nitrogens with zero attached hydrogens (tertiary/aromatic N) is 6. The van der Waals surface area contributed by atoms with Crippen LogP contribution in [0.1, 0.15) is 54.6 Å². The molecule has 12 heteroatoms. The lowest BCUT2D eigenvalue weighted by Crippen LogP contribution is -2.50. The molecule has 0 radical (unpaired) electrons. The molecule has 6 N–H and O–H groups in total. The van der Waals surface area contributed by atoms with E-state index in [1.807, 2.05) is 0 Å². The normalized spacial score (nSPS) is 22.6. The van der Waals surface area contributed by atoms with Crippen LogP contribution in [0.25, 0.3) is 16.8 Å². The molecule has 0 aliphatic carbocycles. The lowest BCUT2D eigenvalue weighted by molar-refractivity contribution is -0.128. The molecular formula is C21H24N10O2. The number of amides is 1. The van der Waals surface area contributed by atoms with Crippen molar-refractivity contribution in [2.24, 2.45) is 10.7 Å². The largest absolute Gasteiger partial charge is 0.383 e. The Morgan fingerprint density at radius 3 is 2.61 bits per heavy atom. The van der Waals surface area contributed by atoms with E-state index in [4.69, 9.17) is 21.9 Å². The van der Waals surface area contributed by atoms with Crippen LogP contribution in [-0.4, -0.2) is 65.6 Å². The number of nitrogen functional groups attached to an aromatic ring is 1. The zero-order chi connectivity index (χ0) is 23.3. The number of anilines is 1. The molecule has 2 aliphatic rings. The highest BCUT2D eigenvalue weighted by Gasteiger charge is 2.45. The van der Waals surface area contributed by atoms with E-state index in [0.29, 0.717) is 29.7 Å². The van der Waals surface area contributed by atoms with Gasteiger partial charge in [-0.25, -0.2) is 9.98 Å². The van der Waals surface area contributed by atoms with E-state index >= 15 is 0 Å². The third-order valence-electron chi connectivity index (χ3n) is 6.65. The first-order chi connectivity index (χ1) is 15.9. The Morgan fingerprint density at radius 2 is 2.00 bits per heavy atom. The number of aromatic amines is 1. The predicted molar refractivity (Wildman–Crippen MR) is 121 cm³/mol. The molecule has 1 amide bonds. The standard InChI is InChI=1S/C21H24N10O2/c1-10(32)16-17(29-20-15(12-6-26-27-7-12)8-28-31(20)19(16)24)11-4-13-2-3-14(5-11)30(13)21(33)18(23)25-9-22/h6-9,11,13-14H,2-5,24H2,1H3,(H,26,27)(H3,22,23,25). The molecular weight excluding hydrogens is 424 g/mol. The van der Waals surface area contributed by atoms with E-state index in [1.165, 1.54) is 11.4 Å². The molecule has 2 saturated heterocycles. The molecule has 5 heterocycles. The predicted octanol–water partition coefficient (Wildman–Crippen LogP) is 1.11. The first kappa shape index (κ1) is 20.8. The van der Waals surface area contributed by atoms with E-state index in [1.54, 1.807) is 23.5 Å². The molecule has 0 aromatic carbocycles. The summed E-state index contributed by atoms with van der Waals surface area (Å²) in [5, 5.41) is 18.2. The fourth-order valence-corrected chi connectivity index (χ4v) is 5.28. The number of rotatable bonds is 4. The van der Waals surface area contributed by atoms with Crippen molar-refractivity contribution in [1.29, 1.82) is 5.41 Å². The molecule has 2 unspecified atom stereocenters. The molecule has 33 heavy (non-hydrogen) atoms. The third kappa shape index (κ3) is 3.25. The maximum absolute atomic E-state index is 12.8. The number of fused-ring (bicyclic) bond motifs is 3. The van der Waals surface area contributed by atoms with Crippen molar-refractivity contribution in [3.8, 4) is 11.1 Å². The van der Waals surface area contributed by atoms with Crippen LogP contribution in [0.5, 0.6) is 0 Å². The van der Waals surface area contributed by atoms with Gasteiger partial charge in [0.2, 0.25) is 0 Å². The molecule has 0 spiro atoms. The van der Waals surface area contributed by atoms with Gasteiger partial charge in [0, 0.05) is 35.3 Å². The monoisotopic (exact) mass is 448 g/mol. The number of carbonyl (C=O) groups is 2. The molecule has 0 saturated carbocycles. The smallest absolute Gasteiger partial charge is 0.289 e. The Morgan fingerprint density at radius 1 is 1.27 bits per heavy atom. The van der Waals surface area contributed by atoms with Gasteiger partial charge in [0.25, 0.3) is 5.91 Å². The number of hydrogen-bond acceptors (Lipinski definition) is 7. The summed E-state index contributed by atoms with van der Waals surface area (Å²) in [6.07, 6.45) is 8.81. The highest BCUT2D eigenvalue weighted by atomic mass is 16.2. The highest BCUT2D eigenvalue weighted by molar-refractivity contribution is 6.38. The molecule has 2 fully saturated rings. The van der Waals surface area contributed by atoms with Gasteiger partial charge in [-0.2, -0.15) is 14.7 Å². The van der Waals surface area contributed by atoms with Crippen LogP contribution in [0.3, 0.4) is 0 Å². The molecule has 3 aromatic rings. The summed E-state index contributed by atoms with van der Waals surface area (Å²) in [4.78, 5) is 35.7. The van der Waals surface area contributed by atoms with Gasteiger partial charge in [-0.05, 0) is 32.6 Å². The molecule has 2 aliphatic heterocycles. The zero-order valence-corrected chi connectivity index (χ0v) is 18.0. The number of carbonyl (C=O) groups excluding carboxylic acids is 2. The molecule has 2 bridgehead atoms. The van der Waals surface area contributed by atoms with Gasteiger partial charge in [-0.15, -0.1) is 0 Å². The Labute approximate surface area is 188 Å². The second-order valence-electron chi connectivity index (χ2n) is 8.50. The number of aromatic nitrogens is 5. The number of ketones is 1. The first-order valence-corrected chi connectivity index (χ1v) is 10.7. The number of aliphatic imine (C=N–C) groups is 1. The Balaban J connectivity index is 1.56. The highest BCUT2D eigenvalue weighted by Crippen LogP contribution is 2.44. The first-order valence-electron chi connectivity index (χ1n) is 10.7. The van der Waals surface area contributed by atoms with Crippen LogP contribution in [0.15, 0.2) is 23.6 Å². The minimum Gasteiger partial charge on any atom is -0.383 e. The third-order valence-corrected chi connectivity index (χ3v) is 6.65. The number of nitrogens with two attached hydrogens (primary N) is 2. The van der Waals surface area contributed by atoms with Gasteiger partial charge in [0.1, 0.15) is 12.2 Å². The summed E-state index contributed by atoms with van der Waals surface area (Å²) < 4.78 is 1.49. The van der Waals surface area contributed by atoms with Crippen molar-refractivity contribution in [3.63, 3.8) is 0 Å². The minimum atomic E-state index is -0.350. The van der Waals surface area contributed by atoms with Crippen molar-refractivity contribution < 1.29 is 9.59 Å². The maximum atomic E-state index is 12.8. The maximum Gasteiger partial charge on any atom is 0.289 e. The zero-order valence-electron chi connectivity index (χ0n) is 18.0. The Kier molecular flexibility index (Phi) is 4.91. The van der Waals surface area contributed by atoms with E-state index < -0.39 is 0 Å². The van der Waals surface area contributed by atoms with Crippen LogP contribution in [0.2, 0.25) is 0 Å². The average molecular weight is 448 g/mol. The second-order valence-corrected chi connectivity index (χ2v) is 8.50. The van der Waals surface area contributed by atoms with Crippen molar-refractivity contribution in [2.75, 3.05) is 5.73 Å². The quantitative estimate of drug-likeness (QED) is 0.261. The number of amidine groups is 1. The fourth-order valence-electron chi connectivity index (χ4n) is 5.28. The minimum absolute atomic E-state index is 0.0435. The van der Waals surface area contributed by atoms with Crippen molar-refractivity contribution in [1.82, 2.24) is 29.7 Å². The lowest BCUT2D eigenvalue weighted by Gasteiger charge is -2.39. The van der Waals surface area contributed by atoms with Gasteiger partial charge < -0.3 is 16.4 Å². The number of nitrogens with one attached hydrogen (secondary N) is 2. The topological polar surface area (TPSA) is 184 Å². The van der Waals surface area contributed by atoms with Crippen molar-refractivity contribution in [2.45, 2.75) is 50.6 Å². The number of hydrogen-bond donors (Lipinski definition) is 4.